The molecule has 0 aliphatic heterocycles. The molecule has 0 unspecified atom stereocenters. The molecule has 6 nitrogen and oxygen atoms in total. The van der Waals surface area contributed by atoms with Crippen LogP contribution in [0.3, 0.4) is 0 Å². The third-order valence-corrected chi connectivity index (χ3v) is 7.63. The minimum atomic E-state index is 0.0246. The van der Waals surface area contributed by atoms with Crippen LogP contribution in [0, 0.1) is 0 Å². The van der Waals surface area contributed by atoms with Crippen molar-refractivity contribution < 1.29 is 24.5 Å². The number of aromatic hydroxyl groups is 2. The van der Waals surface area contributed by atoms with Gasteiger partial charge in [0.2, 0.25) is 5.91 Å². The highest BCUT2D eigenvalue weighted by molar-refractivity contribution is 5.75. The summed E-state index contributed by atoms with van der Waals surface area (Å²) in [7, 11) is 1.51. The van der Waals surface area contributed by atoms with Gasteiger partial charge >= 0.3 is 0 Å². The molecule has 0 saturated heterocycles. The molecule has 0 aliphatic rings. The minimum Gasteiger partial charge on any atom is -0.508 e. The number of unbranched alkanes of at least 4 members (excludes halogenated alkanes) is 10. The summed E-state index contributed by atoms with van der Waals surface area (Å²) in [5.74, 6) is 1.62. The van der Waals surface area contributed by atoms with Crippen molar-refractivity contribution in [1.29, 1.82) is 0 Å². The zero-order valence-electron chi connectivity index (χ0n) is 25.4. The van der Waals surface area contributed by atoms with Gasteiger partial charge in [-0.2, -0.15) is 0 Å². The van der Waals surface area contributed by atoms with Crippen LogP contribution in [0.5, 0.6) is 23.0 Å². The smallest absolute Gasteiger partial charge is 0.220 e. The fourth-order valence-corrected chi connectivity index (χ4v) is 4.95. The fourth-order valence-electron chi connectivity index (χ4n) is 4.95. The molecule has 2 aromatic rings. The van der Waals surface area contributed by atoms with Gasteiger partial charge in [-0.3, -0.25) is 4.79 Å². The number of carbonyl (C=O) groups is 1. The number of carbonyl (C=O) groups excluding carboxylic acids is 1. The van der Waals surface area contributed by atoms with Crippen LogP contribution in [0.4, 0.5) is 0 Å². The van der Waals surface area contributed by atoms with E-state index in [-0.39, 0.29) is 22.8 Å². The lowest BCUT2D eigenvalue weighted by atomic mass is 9.80. The van der Waals surface area contributed by atoms with E-state index in [1.54, 1.807) is 24.3 Å². The van der Waals surface area contributed by atoms with E-state index in [9.17, 15) is 15.0 Å². The Morgan fingerprint density at radius 3 is 2.23 bits per heavy atom. The quantitative estimate of drug-likeness (QED) is 0.134. The van der Waals surface area contributed by atoms with Gasteiger partial charge in [0.15, 0.2) is 11.5 Å². The fraction of sp³-hybridized carbons (Fsp3) is 0.618. The van der Waals surface area contributed by atoms with Crippen molar-refractivity contribution in [3.8, 4) is 23.0 Å². The van der Waals surface area contributed by atoms with Crippen LogP contribution in [-0.4, -0.2) is 29.8 Å². The van der Waals surface area contributed by atoms with Crippen molar-refractivity contribution in [1.82, 2.24) is 5.32 Å². The highest BCUT2D eigenvalue weighted by Crippen LogP contribution is 2.34. The van der Waals surface area contributed by atoms with Crippen LogP contribution in [0.15, 0.2) is 36.4 Å². The van der Waals surface area contributed by atoms with Gasteiger partial charge in [-0.15, -0.1) is 0 Å². The largest absolute Gasteiger partial charge is 0.508 e. The molecule has 0 saturated carbocycles. The third-order valence-electron chi connectivity index (χ3n) is 7.63. The number of benzene rings is 2. The van der Waals surface area contributed by atoms with E-state index in [1.807, 2.05) is 6.07 Å². The van der Waals surface area contributed by atoms with Crippen molar-refractivity contribution in [2.45, 2.75) is 123 Å². The summed E-state index contributed by atoms with van der Waals surface area (Å²) in [5, 5.41) is 22.8. The topological polar surface area (TPSA) is 88.0 Å². The number of rotatable bonds is 21. The molecule has 0 atom stereocenters. The van der Waals surface area contributed by atoms with E-state index in [2.05, 4.69) is 32.2 Å². The normalized spacial score (nSPS) is 11.4. The number of hydrogen-bond acceptors (Lipinski definition) is 5. The molecule has 0 radical (unpaired) electrons. The van der Waals surface area contributed by atoms with E-state index >= 15 is 0 Å². The SMILES string of the molecule is CCCCCCC(C)(C)c1cc(O)cc(OCCCCCCCCCCC(=O)NCc2ccc(O)c(OC)c2)c1. The zero-order chi connectivity index (χ0) is 29.2. The molecular formula is C34H53NO5. The summed E-state index contributed by atoms with van der Waals surface area (Å²) in [6, 6.07) is 10.8. The minimum absolute atomic E-state index is 0.0246. The molecule has 0 aromatic heterocycles. The summed E-state index contributed by atoms with van der Waals surface area (Å²) in [5.41, 5.74) is 2.07. The summed E-state index contributed by atoms with van der Waals surface area (Å²) < 4.78 is 11.1. The molecule has 224 valence electrons. The maximum Gasteiger partial charge on any atom is 0.220 e. The van der Waals surface area contributed by atoms with E-state index in [1.165, 1.54) is 52.1 Å². The van der Waals surface area contributed by atoms with E-state index in [0.29, 0.717) is 25.3 Å². The standard InChI is InChI=1S/C34H53NO5/c1-5-6-7-15-20-34(2,3)28-23-29(36)25-30(24-28)40-21-16-13-11-9-8-10-12-14-17-33(38)35-26-27-18-19-31(37)32(22-27)39-4/h18-19,22-25,36-37H,5-17,20-21,26H2,1-4H3,(H,35,38). The Morgan fingerprint density at radius 1 is 0.850 bits per heavy atom. The highest BCUT2D eigenvalue weighted by Gasteiger charge is 2.21. The molecule has 6 heteroatoms. The molecule has 1 amide bonds. The second-order valence-corrected chi connectivity index (χ2v) is 11.6. The van der Waals surface area contributed by atoms with Crippen LogP contribution in [-0.2, 0) is 16.8 Å². The van der Waals surface area contributed by atoms with Crippen LogP contribution in [0.1, 0.15) is 122 Å². The Morgan fingerprint density at radius 2 is 1.52 bits per heavy atom. The summed E-state index contributed by atoms with van der Waals surface area (Å²) in [6.45, 7) is 7.85. The second-order valence-electron chi connectivity index (χ2n) is 11.6. The summed E-state index contributed by atoms with van der Waals surface area (Å²) >= 11 is 0. The number of methoxy groups -OCH3 is 1. The Balaban J connectivity index is 1.51. The van der Waals surface area contributed by atoms with Gasteiger partial charge in [-0.05, 0) is 60.1 Å². The first-order valence-electron chi connectivity index (χ1n) is 15.3. The lowest BCUT2D eigenvalue weighted by Crippen LogP contribution is -2.22. The van der Waals surface area contributed by atoms with Crippen LogP contribution < -0.4 is 14.8 Å². The van der Waals surface area contributed by atoms with Gasteiger partial charge < -0.3 is 25.0 Å². The predicted octanol–water partition coefficient (Wildman–Crippen LogP) is 8.56. The summed E-state index contributed by atoms with van der Waals surface area (Å²) in [6.07, 6.45) is 15.5. The Bertz CT molecular complexity index is 1000. The molecule has 0 fully saturated rings. The predicted molar refractivity (Wildman–Crippen MR) is 163 cm³/mol. The maximum absolute atomic E-state index is 12.1. The molecule has 3 N–H and O–H groups in total. The van der Waals surface area contributed by atoms with E-state index < -0.39 is 0 Å². The number of hydrogen-bond donors (Lipinski definition) is 3. The van der Waals surface area contributed by atoms with Gasteiger partial charge in [0.05, 0.1) is 13.7 Å². The number of phenols is 2. The van der Waals surface area contributed by atoms with Crippen LogP contribution in [0.2, 0.25) is 0 Å². The van der Waals surface area contributed by atoms with Crippen LogP contribution in [0.25, 0.3) is 0 Å². The molecule has 0 aliphatic carbocycles. The molecule has 2 aromatic carbocycles. The summed E-state index contributed by atoms with van der Waals surface area (Å²) in [4.78, 5) is 12.1. The van der Waals surface area contributed by atoms with E-state index in [4.69, 9.17) is 9.47 Å². The molecule has 40 heavy (non-hydrogen) atoms. The van der Waals surface area contributed by atoms with Crippen molar-refractivity contribution >= 4 is 5.91 Å². The molecule has 0 spiro atoms. The molecule has 2 rings (SSSR count). The number of ether oxygens (including phenoxy) is 2. The van der Waals surface area contributed by atoms with Crippen molar-refractivity contribution in [3.05, 3.63) is 47.5 Å². The molecular weight excluding hydrogens is 502 g/mol. The first-order chi connectivity index (χ1) is 19.2. The average Bonchev–Trinajstić information content (AvgIpc) is 2.93. The van der Waals surface area contributed by atoms with Gasteiger partial charge in [0.25, 0.3) is 0 Å². The maximum atomic E-state index is 12.1. The van der Waals surface area contributed by atoms with Crippen molar-refractivity contribution in [2.75, 3.05) is 13.7 Å². The number of nitrogens with one attached hydrogen (secondary N) is 1. The lowest BCUT2D eigenvalue weighted by molar-refractivity contribution is -0.121. The highest BCUT2D eigenvalue weighted by atomic mass is 16.5. The van der Waals surface area contributed by atoms with Gasteiger partial charge in [0, 0.05) is 19.0 Å². The Labute approximate surface area is 242 Å². The third kappa shape index (κ3) is 13.0. The van der Waals surface area contributed by atoms with Gasteiger partial charge in [-0.25, -0.2) is 0 Å². The van der Waals surface area contributed by atoms with Gasteiger partial charge in [0.1, 0.15) is 11.5 Å². The lowest BCUT2D eigenvalue weighted by Gasteiger charge is -2.26. The average molecular weight is 556 g/mol. The van der Waals surface area contributed by atoms with Crippen molar-refractivity contribution in [2.24, 2.45) is 0 Å². The first kappa shape index (κ1) is 33.3. The Kier molecular flexibility index (Phi) is 15.4. The second kappa shape index (κ2) is 18.5. The first-order valence-corrected chi connectivity index (χ1v) is 15.3. The number of amides is 1. The number of phenolic OH excluding ortho intramolecular Hbond substituents is 2. The van der Waals surface area contributed by atoms with Crippen molar-refractivity contribution in [3.63, 3.8) is 0 Å². The molecule has 0 bridgehead atoms. The van der Waals surface area contributed by atoms with E-state index in [0.717, 1.165) is 55.4 Å². The van der Waals surface area contributed by atoms with Gasteiger partial charge in [-0.1, -0.05) is 91.0 Å². The molecule has 0 heterocycles. The Hall–Kier alpha value is -2.89. The zero-order valence-corrected chi connectivity index (χ0v) is 25.4. The monoisotopic (exact) mass is 555 g/mol. The van der Waals surface area contributed by atoms with Crippen LogP contribution >= 0.6 is 0 Å².